The summed E-state index contributed by atoms with van der Waals surface area (Å²) in [6.07, 6.45) is 3.24. The fourth-order valence-corrected chi connectivity index (χ4v) is 0.948. The highest BCUT2D eigenvalue weighted by Crippen LogP contribution is 2.26. The normalized spacial score (nSPS) is 19.7. The summed E-state index contributed by atoms with van der Waals surface area (Å²) in [6.45, 7) is 1.96. The molecule has 0 saturated heterocycles. The van der Waals surface area contributed by atoms with Crippen molar-refractivity contribution in [2.45, 2.75) is 44.8 Å². The van der Waals surface area contributed by atoms with Crippen molar-refractivity contribution in [3.8, 4) is 0 Å². The van der Waals surface area contributed by atoms with Gasteiger partial charge in [-0.05, 0) is 19.3 Å². The van der Waals surface area contributed by atoms with Crippen molar-refractivity contribution in [1.29, 1.82) is 0 Å². The Bertz CT molecular complexity index is 140. The van der Waals surface area contributed by atoms with Crippen LogP contribution in [-0.4, -0.2) is 23.3 Å². The first kappa shape index (κ1) is 8.53. The number of carbonyl (C=O) groups is 1. The lowest BCUT2D eigenvalue weighted by molar-refractivity contribution is -0.151. The van der Waals surface area contributed by atoms with E-state index in [1.807, 2.05) is 6.92 Å². The van der Waals surface area contributed by atoms with Gasteiger partial charge in [0.2, 0.25) is 0 Å². The fourth-order valence-electron chi connectivity index (χ4n) is 0.948. The van der Waals surface area contributed by atoms with E-state index in [0.717, 1.165) is 19.3 Å². The summed E-state index contributed by atoms with van der Waals surface area (Å²) >= 11 is 0. The van der Waals surface area contributed by atoms with Gasteiger partial charge in [-0.1, -0.05) is 13.3 Å². The number of rotatable bonds is 5. The topological polar surface area (TPSA) is 46.5 Å². The van der Waals surface area contributed by atoms with Gasteiger partial charge in [-0.25, -0.2) is 4.79 Å². The molecule has 1 fully saturated rings. The van der Waals surface area contributed by atoms with Crippen LogP contribution in [0.25, 0.3) is 0 Å². The van der Waals surface area contributed by atoms with Crippen molar-refractivity contribution in [2.75, 3.05) is 0 Å². The van der Waals surface area contributed by atoms with E-state index in [1.54, 1.807) is 0 Å². The van der Waals surface area contributed by atoms with E-state index in [1.165, 1.54) is 0 Å². The molecule has 1 saturated carbocycles. The third kappa shape index (κ3) is 2.89. The Morgan fingerprint density at radius 2 is 2.36 bits per heavy atom. The van der Waals surface area contributed by atoms with Gasteiger partial charge in [-0.2, -0.15) is 0 Å². The number of ether oxygens (including phenoxy) is 1. The van der Waals surface area contributed by atoms with Crippen LogP contribution in [0.5, 0.6) is 0 Å². The van der Waals surface area contributed by atoms with Crippen LogP contribution in [0.15, 0.2) is 0 Å². The van der Waals surface area contributed by atoms with E-state index in [9.17, 15) is 4.79 Å². The molecule has 0 unspecified atom stereocenters. The Kier molecular flexibility index (Phi) is 2.88. The van der Waals surface area contributed by atoms with Crippen LogP contribution in [0.4, 0.5) is 0 Å². The van der Waals surface area contributed by atoms with Gasteiger partial charge in [0.05, 0.1) is 6.10 Å². The van der Waals surface area contributed by atoms with E-state index in [2.05, 4.69) is 0 Å². The molecule has 1 aliphatic carbocycles. The predicted molar refractivity (Wildman–Crippen MR) is 40.4 cm³/mol. The lowest BCUT2D eigenvalue weighted by Gasteiger charge is -2.10. The van der Waals surface area contributed by atoms with Gasteiger partial charge in [0.25, 0.3) is 0 Å². The third-order valence-corrected chi connectivity index (χ3v) is 1.71. The molecule has 1 rings (SSSR count). The molecule has 0 aromatic rings. The highest BCUT2D eigenvalue weighted by atomic mass is 16.5. The Hall–Kier alpha value is -0.570. The van der Waals surface area contributed by atoms with Crippen LogP contribution < -0.4 is 0 Å². The average molecular weight is 158 g/mol. The van der Waals surface area contributed by atoms with Crippen molar-refractivity contribution >= 4 is 5.97 Å². The molecular weight excluding hydrogens is 144 g/mol. The van der Waals surface area contributed by atoms with Gasteiger partial charge >= 0.3 is 5.97 Å². The Labute approximate surface area is 66.4 Å². The smallest absolute Gasteiger partial charge is 0.332 e. The van der Waals surface area contributed by atoms with Crippen LogP contribution in [0, 0.1) is 0 Å². The van der Waals surface area contributed by atoms with Crippen molar-refractivity contribution < 1.29 is 14.6 Å². The molecule has 1 N–H and O–H groups in total. The van der Waals surface area contributed by atoms with Crippen molar-refractivity contribution in [3.05, 3.63) is 0 Å². The molecule has 64 valence electrons. The zero-order chi connectivity index (χ0) is 8.27. The van der Waals surface area contributed by atoms with Gasteiger partial charge in [0.15, 0.2) is 6.10 Å². The lowest BCUT2D eigenvalue weighted by Crippen LogP contribution is -2.24. The van der Waals surface area contributed by atoms with Crippen LogP contribution in [0.2, 0.25) is 0 Å². The second kappa shape index (κ2) is 3.72. The van der Waals surface area contributed by atoms with Gasteiger partial charge < -0.3 is 9.84 Å². The summed E-state index contributed by atoms with van der Waals surface area (Å²) in [6, 6.07) is 0. The zero-order valence-electron chi connectivity index (χ0n) is 6.75. The van der Waals surface area contributed by atoms with E-state index < -0.39 is 12.1 Å². The molecule has 0 radical (unpaired) electrons. The Morgan fingerprint density at radius 3 is 2.73 bits per heavy atom. The second-order valence-electron chi connectivity index (χ2n) is 2.95. The van der Waals surface area contributed by atoms with E-state index in [4.69, 9.17) is 9.84 Å². The largest absolute Gasteiger partial charge is 0.479 e. The van der Waals surface area contributed by atoms with Gasteiger partial charge in [-0.3, -0.25) is 0 Å². The van der Waals surface area contributed by atoms with E-state index >= 15 is 0 Å². The first-order valence-corrected chi connectivity index (χ1v) is 4.12. The molecular formula is C8H14O3. The molecule has 0 spiro atoms. The summed E-state index contributed by atoms with van der Waals surface area (Å²) in [7, 11) is 0. The number of carboxylic acids is 1. The molecule has 1 atom stereocenters. The van der Waals surface area contributed by atoms with Gasteiger partial charge in [0, 0.05) is 0 Å². The lowest BCUT2D eigenvalue weighted by atomic mass is 10.2. The molecule has 11 heavy (non-hydrogen) atoms. The minimum absolute atomic E-state index is 0.239. The molecule has 0 amide bonds. The van der Waals surface area contributed by atoms with E-state index in [-0.39, 0.29) is 6.10 Å². The first-order valence-electron chi connectivity index (χ1n) is 4.12. The quantitative estimate of drug-likeness (QED) is 0.658. The summed E-state index contributed by atoms with van der Waals surface area (Å²) in [5.41, 5.74) is 0. The number of hydrogen-bond donors (Lipinski definition) is 1. The standard InChI is InChI=1S/C8H14O3/c1-2-3-7(8(9)10)11-6-4-5-6/h6-7H,2-5H2,1H3,(H,9,10)/t7-/m0/s1. The minimum atomic E-state index is -0.821. The number of hydrogen-bond acceptors (Lipinski definition) is 2. The Balaban J connectivity index is 2.24. The van der Waals surface area contributed by atoms with Crippen LogP contribution >= 0.6 is 0 Å². The summed E-state index contributed by atoms with van der Waals surface area (Å²) in [5, 5.41) is 8.66. The molecule has 0 aliphatic heterocycles. The van der Waals surface area contributed by atoms with E-state index in [0.29, 0.717) is 6.42 Å². The Morgan fingerprint density at radius 1 is 1.73 bits per heavy atom. The van der Waals surface area contributed by atoms with Crippen molar-refractivity contribution in [1.82, 2.24) is 0 Å². The molecule has 0 aromatic heterocycles. The second-order valence-corrected chi connectivity index (χ2v) is 2.95. The SMILES string of the molecule is CCC[C@H](OC1CC1)C(=O)O. The van der Waals surface area contributed by atoms with Crippen molar-refractivity contribution in [3.63, 3.8) is 0 Å². The van der Waals surface area contributed by atoms with Gasteiger partial charge in [0.1, 0.15) is 0 Å². The molecule has 0 heterocycles. The summed E-state index contributed by atoms with van der Waals surface area (Å²) in [5.74, 6) is -0.821. The van der Waals surface area contributed by atoms with Crippen LogP contribution in [0.1, 0.15) is 32.6 Å². The van der Waals surface area contributed by atoms with Crippen LogP contribution in [-0.2, 0) is 9.53 Å². The maximum Gasteiger partial charge on any atom is 0.332 e. The molecule has 0 bridgehead atoms. The maximum atomic E-state index is 10.5. The number of carboxylic acid groups (broad SMARTS) is 1. The summed E-state index contributed by atoms with van der Waals surface area (Å²) in [4.78, 5) is 10.5. The monoisotopic (exact) mass is 158 g/mol. The molecule has 0 aromatic carbocycles. The van der Waals surface area contributed by atoms with Crippen molar-refractivity contribution in [2.24, 2.45) is 0 Å². The highest BCUT2D eigenvalue weighted by molar-refractivity contribution is 5.72. The fraction of sp³-hybridized carbons (Fsp3) is 0.875. The first-order chi connectivity index (χ1) is 5.24. The predicted octanol–water partition coefficient (Wildman–Crippen LogP) is 1.42. The maximum absolute atomic E-state index is 10.5. The molecule has 3 heteroatoms. The zero-order valence-corrected chi connectivity index (χ0v) is 6.75. The van der Waals surface area contributed by atoms with Crippen LogP contribution in [0.3, 0.4) is 0 Å². The average Bonchev–Trinajstić information content (AvgIpc) is 2.70. The number of aliphatic carboxylic acids is 1. The minimum Gasteiger partial charge on any atom is -0.479 e. The third-order valence-electron chi connectivity index (χ3n) is 1.71. The molecule has 1 aliphatic rings. The van der Waals surface area contributed by atoms with Gasteiger partial charge in [-0.15, -0.1) is 0 Å². The molecule has 3 nitrogen and oxygen atoms in total. The summed E-state index contributed by atoms with van der Waals surface area (Å²) < 4.78 is 5.26. The highest BCUT2D eigenvalue weighted by Gasteiger charge is 2.29.